The SMILES string of the molecule is C=CCNC(=O)C(=O)C(CC)NC(=O)C1C2C(CN1C(=O)C(NC(=O)OC(C)(C)C)C1CCCCC1)C2(C)C. The number of ether oxygens (including phenoxy) is 1. The van der Waals surface area contributed by atoms with E-state index in [1.807, 2.05) is 0 Å². The van der Waals surface area contributed by atoms with Crippen LogP contribution in [0.1, 0.15) is 80.1 Å². The van der Waals surface area contributed by atoms with Crippen molar-refractivity contribution >= 4 is 29.6 Å². The molecule has 3 rings (SSSR count). The number of carbonyl (C=O) groups excluding carboxylic acids is 5. The summed E-state index contributed by atoms with van der Waals surface area (Å²) >= 11 is 0. The third-order valence-corrected chi connectivity index (χ3v) is 8.49. The molecule has 39 heavy (non-hydrogen) atoms. The summed E-state index contributed by atoms with van der Waals surface area (Å²) in [4.78, 5) is 67.1. The third kappa shape index (κ3) is 7.00. The molecule has 5 atom stereocenters. The Labute approximate surface area is 232 Å². The average Bonchev–Trinajstić information content (AvgIpc) is 3.20. The van der Waals surface area contributed by atoms with Crippen molar-refractivity contribution in [3.8, 4) is 0 Å². The van der Waals surface area contributed by atoms with E-state index in [0.29, 0.717) is 6.54 Å². The van der Waals surface area contributed by atoms with Crippen LogP contribution in [0.15, 0.2) is 12.7 Å². The maximum atomic E-state index is 14.1. The first-order valence-corrected chi connectivity index (χ1v) is 14.3. The fourth-order valence-corrected chi connectivity index (χ4v) is 6.30. The predicted octanol–water partition coefficient (Wildman–Crippen LogP) is 2.71. The van der Waals surface area contributed by atoms with E-state index < -0.39 is 47.4 Å². The van der Waals surface area contributed by atoms with Gasteiger partial charge in [0.05, 0.1) is 6.04 Å². The zero-order chi connectivity index (χ0) is 29.1. The van der Waals surface area contributed by atoms with Crippen LogP contribution in [0.2, 0.25) is 0 Å². The van der Waals surface area contributed by atoms with E-state index in [2.05, 4.69) is 36.4 Å². The number of hydrogen-bond donors (Lipinski definition) is 3. The molecule has 10 nitrogen and oxygen atoms in total. The molecule has 10 heteroatoms. The van der Waals surface area contributed by atoms with Crippen molar-refractivity contribution in [1.29, 1.82) is 0 Å². The van der Waals surface area contributed by atoms with E-state index in [0.717, 1.165) is 32.1 Å². The summed E-state index contributed by atoms with van der Waals surface area (Å²) in [5.74, 6) is -2.25. The standard InChI is InChI=1S/C29H46N4O6/c1-8-15-30-25(36)23(34)19(9-2)31-24(35)22-20-18(29(20,6)7)16-33(22)26(37)21(17-13-11-10-12-14-17)32-27(38)39-28(3,4)5/h8,17-22H,1,9-16H2,2-7H3,(H,30,36)(H,31,35)(H,32,38). The Balaban J connectivity index is 1.82. The van der Waals surface area contributed by atoms with Gasteiger partial charge in [0, 0.05) is 13.1 Å². The number of alkyl carbamates (subject to hydrolysis) is 1. The molecular weight excluding hydrogens is 500 g/mol. The molecule has 1 saturated heterocycles. The van der Waals surface area contributed by atoms with E-state index in [9.17, 15) is 24.0 Å². The van der Waals surface area contributed by atoms with Crippen LogP contribution in [0.4, 0.5) is 4.79 Å². The second-order valence-corrected chi connectivity index (χ2v) is 12.7. The lowest BCUT2D eigenvalue weighted by Gasteiger charge is -2.37. The Morgan fingerprint density at radius 3 is 2.28 bits per heavy atom. The molecule has 1 aliphatic heterocycles. The first-order chi connectivity index (χ1) is 18.2. The Bertz CT molecular complexity index is 981. The average molecular weight is 547 g/mol. The normalized spacial score (nSPS) is 25.5. The molecule has 5 unspecified atom stereocenters. The van der Waals surface area contributed by atoms with E-state index in [1.165, 1.54) is 6.08 Å². The Kier molecular flexibility index (Phi) is 9.49. The lowest BCUT2D eigenvalue weighted by molar-refractivity contribution is -0.145. The van der Waals surface area contributed by atoms with Gasteiger partial charge in [-0.05, 0) is 63.2 Å². The third-order valence-electron chi connectivity index (χ3n) is 8.49. The maximum absolute atomic E-state index is 14.1. The van der Waals surface area contributed by atoms with Crippen molar-refractivity contribution in [2.24, 2.45) is 23.2 Å². The minimum absolute atomic E-state index is 0.0501. The van der Waals surface area contributed by atoms with Crippen molar-refractivity contribution in [1.82, 2.24) is 20.9 Å². The topological polar surface area (TPSA) is 134 Å². The van der Waals surface area contributed by atoms with Gasteiger partial charge in [-0.1, -0.05) is 46.1 Å². The molecule has 0 spiro atoms. The molecule has 0 aromatic rings. The second-order valence-electron chi connectivity index (χ2n) is 12.7. The van der Waals surface area contributed by atoms with Crippen LogP contribution in [0.25, 0.3) is 0 Å². The van der Waals surface area contributed by atoms with Gasteiger partial charge in [0.25, 0.3) is 5.91 Å². The van der Waals surface area contributed by atoms with Gasteiger partial charge in [-0.15, -0.1) is 6.58 Å². The molecule has 0 aromatic heterocycles. The van der Waals surface area contributed by atoms with Gasteiger partial charge in [-0.2, -0.15) is 0 Å². The first kappa shape index (κ1) is 30.6. The first-order valence-electron chi connectivity index (χ1n) is 14.3. The Morgan fingerprint density at radius 2 is 1.72 bits per heavy atom. The summed E-state index contributed by atoms with van der Waals surface area (Å²) in [6.07, 6.45) is 5.69. The fraction of sp³-hybridized carbons (Fsp3) is 0.759. The number of amides is 4. The van der Waals surface area contributed by atoms with Crippen LogP contribution in [0.3, 0.4) is 0 Å². The van der Waals surface area contributed by atoms with Crippen LogP contribution >= 0.6 is 0 Å². The summed E-state index contributed by atoms with van der Waals surface area (Å²) in [5, 5.41) is 8.05. The number of Topliss-reactive ketones (excluding diaryl/α,β-unsaturated/α-hetero) is 1. The number of hydrogen-bond acceptors (Lipinski definition) is 6. The highest BCUT2D eigenvalue weighted by Gasteiger charge is 2.69. The molecule has 2 aliphatic carbocycles. The van der Waals surface area contributed by atoms with Crippen molar-refractivity contribution in [2.45, 2.75) is 104 Å². The number of carbonyl (C=O) groups is 5. The number of ketones is 1. The molecule has 4 amide bonds. The lowest BCUT2D eigenvalue weighted by atomic mass is 9.83. The number of nitrogens with zero attached hydrogens (tertiary/aromatic N) is 1. The van der Waals surface area contributed by atoms with E-state index in [1.54, 1.807) is 32.6 Å². The van der Waals surface area contributed by atoms with Gasteiger partial charge < -0.3 is 25.6 Å². The monoisotopic (exact) mass is 546 g/mol. The quantitative estimate of drug-likeness (QED) is 0.285. The van der Waals surface area contributed by atoms with Crippen molar-refractivity contribution < 1.29 is 28.7 Å². The van der Waals surface area contributed by atoms with Crippen molar-refractivity contribution in [3.63, 3.8) is 0 Å². The van der Waals surface area contributed by atoms with Gasteiger partial charge in [-0.25, -0.2) is 4.79 Å². The van der Waals surface area contributed by atoms with Gasteiger partial charge in [0.15, 0.2) is 0 Å². The van der Waals surface area contributed by atoms with E-state index >= 15 is 0 Å². The molecule has 0 aromatic carbocycles. The number of fused-ring (bicyclic) bond motifs is 1. The van der Waals surface area contributed by atoms with Crippen LogP contribution in [0.5, 0.6) is 0 Å². The Morgan fingerprint density at radius 1 is 1.08 bits per heavy atom. The summed E-state index contributed by atoms with van der Waals surface area (Å²) < 4.78 is 5.47. The molecule has 2 saturated carbocycles. The van der Waals surface area contributed by atoms with Crippen LogP contribution < -0.4 is 16.0 Å². The van der Waals surface area contributed by atoms with Crippen molar-refractivity contribution in [2.75, 3.05) is 13.1 Å². The molecule has 3 N–H and O–H groups in total. The summed E-state index contributed by atoms with van der Waals surface area (Å²) in [5.41, 5.74) is -0.851. The van der Waals surface area contributed by atoms with Crippen LogP contribution in [0, 0.1) is 23.2 Å². The number of piperidine rings is 1. The summed E-state index contributed by atoms with van der Waals surface area (Å²) in [7, 11) is 0. The van der Waals surface area contributed by atoms with Gasteiger partial charge in [-0.3, -0.25) is 19.2 Å². The van der Waals surface area contributed by atoms with Gasteiger partial charge >= 0.3 is 6.09 Å². The van der Waals surface area contributed by atoms with Crippen molar-refractivity contribution in [3.05, 3.63) is 12.7 Å². The number of rotatable bonds is 10. The lowest BCUT2D eigenvalue weighted by Crippen LogP contribution is -2.59. The minimum atomic E-state index is -1.01. The molecule has 0 bridgehead atoms. The smallest absolute Gasteiger partial charge is 0.408 e. The highest BCUT2D eigenvalue weighted by molar-refractivity contribution is 6.38. The largest absolute Gasteiger partial charge is 0.444 e. The van der Waals surface area contributed by atoms with E-state index in [4.69, 9.17) is 4.74 Å². The zero-order valence-electron chi connectivity index (χ0n) is 24.3. The molecule has 1 heterocycles. The fourth-order valence-electron chi connectivity index (χ4n) is 6.30. The summed E-state index contributed by atoms with van der Waals surface area (Å²) in [6, 6.07) is -2.60. The highest BCUT2D eigenvalue weighted by Crippen LogP contribution is 2.65. The number of likely N-dealkylation sites (tertiary alicyclic amines) is 1. The maximum Gasteiger partial charge on any atom is 0.408 e. The second kappa shape index (κ2) is 12.1. The van der Waals surface area contributed by atoms with Gasteiger partial charge in [0.2, 0.25) is 17.6 Å². The molecule has 218 valence electrons. The molecule has 0 radical (unpaired) electrons. The molecular formula is C29H46N4O6. The minimum Gasteiger partial charge on any atom is -0.444 e. The zero-order valence-corrected chi connectivity index (χ0v) is 24.3. The predicted molar refractivity (Wildman–Crippen MR) is 146 cm³/mol. The van der Waals surface area contributed by atoms with E-state index in [-0.39, 0.29) is 42.0 Å². The van der Waals surface area contributed by atoms with Crippen LogP contribution in [-0.2, 0) is 23.9 Å². The number of nitrogens with one attached hydrogen (secondary N) is 3. The summed E-state index contributed by atoms with van der Waals surface area (Å²) in [6.45, 7) is 15.2. The van der Waals surface area contributed by atoms with Gasteiger partial charge in [0.1, 0.15) is 17.7 Å². The molecule has 3 aliphatic rings. The van der Waals surface area contributed by atoms with Crippen LogP contribution in [-0.4, -0.2) is 71.3 Å². The molecule has 3 fully saturated rings. The Hall–Kier alpha value is -2.91. The highest BCUT2D eigenvalue weighted by atomic mass is 16.6.